The molecular formula is C20H21BrN2O3. The molecule has 5 nitrogen and oxygen atoms in total. The maximum atomic E-state index is 12.9. The van der Waals surface area contributed by atoms with Crippen molar-refractivity contribution < 1.29 is 14.3 Å². The van der Waals surface area contributed by atoms with Gasteiger partial charge in [0.05, 0.1) is 6.54 Å². The van der Waals surface area contributed by atoms with Gasteiger partial charge in [0.2, 0.25) is 0 Å². The van der Waals surface area contributed by atoms with Crippen LogP contribution in [-0.4, -0.2) is 30.0 Å². The monoisotopic (exact) mass is 416 g/mol. The second-order valence-corrected chi connectivity index (χ2v) is 7.42. The predicted octanol–water partition coefficient (Wildman–Crippen LogP) is 3.91. The minimum atomic E-state index is -1.09. The van der Waals surface area contributed by atoms with Gasteiger partial charge in [-0.1, -0.05) is 52.3 Å². The summed E-state index contributed by atoms with van der Waals surface area (Å²) in [4.78, 5) is 26.5. The molecule has 0 saturated carbocycles. The Bertz CT molecular complexity index is 848. The second kappa shape index (κ2) is 7.11. The van der Waals surface area contributed by atoms with Crippen LogP contribution in [0.5, 0.6) is 5.75 Å². The quantitative estimate of drug-likeness (QED) is 0.751. The fourth-order valence-corrected chi connectivity index (χ4v) is 3.90. The van der Waals surface area contributed by atoms with Crippen molar-refractivity contribution in [3.63, 3.8) is 0 Å². The molecule has 3 rings (SSSR count). The summed E-state index contributed by atoms with van der Waals surface area (Å²) < 4.78 is 6.62. The van der Waals surface area contributed by atoms with Gasteiger partial charge in [-0.05, 0) is 38.0 Å². The highest BCUT2D eigenvalue weighted by atomic mass is 79.9. The van der Waals surface area contributed by atoms with E-state index in [1.807, 2.05) is 56.3 Å². The third kappa shape index (κ3) is 3.21. The molecule has 1 atom stereocenters. The van der Waals surface area contributed by atoms with Crippen LogP contribution < -0.4 is 10.1 Å². The summed E-state index contributed by atoms with van der Waals surface area (Å²) in [5.74, 6) is 0.521. The van der Waals surface area contributed by atoms with Crippen LogP contribution in [0.3, 0.4) is 0 Å². The Balaban J connectivity index is 1.73. The number of ether oxygens (including phenoxy) is 1. The van der Waals surface area contributed by atoms with E-state index in [9.17, 15) is 9.59 Å². The molecule has 0 spiro atoms. The van der Waals surface area contributed by atoms with Crippen LogP contribution in [0.15, 0.2) is 46.9 Å². The van der Waals surface area contributed by atoms with Gasteiger partial charge in [-0.2, -0.15) is 0 Å². The van der Waals surface area contributed by atoms with E-state index in [-0.39, 0.29) is 19.1 Å². The first-order valence-corrected chi connectivity index (χ1v) is 9.22. The number of rotatable bonds is 5. The molecule has 1 unspecified atom stereocenters. The zero-order valence-corrected chi connectivity index (χ0v) is 16.6. The van der Waals surface area contributed by atoms with Gasteiger partial charge in [-0.3, -0.25) is 9.69 Å². The summed E-state index contributed by atoms with van der Waals surface area (Å²) >= 11 is 3.46. The van der Waals surface area contributed by atoms with E-state index >= 15 is 0 Å². The third-order valence-electron chi connectivity index (χ3n) is 4.66. The fourth-order valence-electron chi connectivity index (χ4n) is 3.22. The number of nitrogens with zero attached hydrogens (tertiary/aromatic N) is 1. The molecule has 2 aromatic carbocycles. The predicted molar refractivity (Wildman–Crippen MR) is 103 cm³/mol. The number of urea groups is 1. The lowest BCUT2D eigenvalue weighted by molar-refractivity contribution is -0.131. The second-order valence-electron chi connectivity index (χ2n) is 6.56. The van der Waals surface area contributed by atoms with Gasteiger partial charge >= 0.3 is 6.03 Å². The van der Waals surface area contributed by atoms with Crippen molar-refractivity contribution in [2.24, 2.45) is 0 Å². The molecule has 136 valence electrons. The lowest BCUT2D eigenvalue weighted by Crippen LogP contribution is -2.41. The van der Waals surface area contributed by atoms with E-state index in [4.69, 9.17) is 4.74 Å². The highest BCUT2D eigenvalue weighted by Crippen LogP contribution is 2.33. The van der Waals surface area contributed by atoms with Crippen LogP contribution in [0.1, 0.15) is 23.6 Å². The fraction of sp³-hybridized carbons (Fsp3) is 0.300. The zero-order valence-electron chi connectivity index (χ0n) is 15.0. The number of carbonyl (C=O) groups is 2. The summed E-state index contributed by atoms with van der Waals surface area (Å²) in [6.07, 6.45) is 0. The van der Waals surface area contributed by atoms with Crippen molar-refractivity contribution in [3.8, 4) is 5.75 Å². The molecule has 1 aliphatic rings. The molecule has 1 N–H and O–H groups in total. The summed E-state index contributed by atoms with van der Waals surface area (Å²) in [5.41, 5.74) is 1.70. The Morgan fingerprint density at radius 3 is 2.38 bits per heavy atom. The van der Waals surface area contributed by atoms with Crippen molar-refractivity contribution in [1.29, 1.82) is 0 Å². The van der Waals surface area contributed by atoms with Crippen molar-refractivity contribution in [2.75, 3.05) is 13.2 Å². The van der Waals surface area contributed by atoms with E-state index in [1.54, 1.807) is 6.92 Å². The third-order valence-corrected chi connectivity index (χ3v) is 5.35. The SMILES string of the molecule is Cc1cccc(C)c1OCCN1C(=O)NC(C)(c2ccccc2Br)C1=O. The molecule has 0 radical (unpaired) electrons. The normalized spacial score (nSPS) is 19.6. The first-order valence-electron chi connectivity index (χ1n) is 8.42. The average molecular weight is 417 g/mol. The summed E-state index contributed by atoms with van der Waals surface area (Å²) in [6.45, 7) is 6.11. The van der Waals surface area contributed by atoms with E-state index in [2.05, 4.69) is 21.2 Å². The standard InChI is InChI=1S/C20H21BrN2O3/c1-13-7-6-8-14(2)17(13)26-12-11-23-18(24)20(3,22-19(23)25)15-9-4-5-10-16(15)21/h4-10H,11-12H2,1-3H3,(H,22,25). The Morgan fingerprint density at radius 1 is 1.08 bits per heavy atom. The first kappa shape index (κ1) is 18.5. The Kier molecular flexibility index (Phi) is 5.05. The van der Waals surface area contributed by atoms with Crippen LogP contribution in [0, 0.1) is 13.8 Å². The molecule has 3 amide bonds. The van der Waals surface area contributed by atoms with Crippen LogP contribution in [-0.2, 0) is 10.3 Å². The summed E-state index contributed by atoms with van der Waals surface area (Å²) in [5, 5.41) is 2.81. The lowest BCUT2D eigenvalue weighted by Gasteiger charge is -2.23. The summed E-state index contributed by atoms with van der Waals surface area (Å²) in [6, 6.07) is 12.9. The van der Waals surface area contributed by atoms with Gasteiger partial charge in [0.25, 0.3) is 5.91 Å². The van der Waals surface area contributed by atoms with Gasteiger partial charge in [0.1, 0.15) is 17.9 Å². The van der Waals surface area contributed by atoms with Gasteiger partial charge in [0.15, 0.2) is 0 Å². The van der Waals surface area contributed by atoms with Gasteiger partial charge in [-0.15, -0.1) is 0 Å². The molecule has 2 aromatic rings. The number of carbonyl (C=O) groups excluding carboxylic acids is 2. The Labute approximate surface area is 161 Å². The molecule has 6 heteroatoms. The highest BCUT2D eigenvalue weighted by Gasteiger charge is 2.49. The van der Waals surface area contributed by atoms with Crippen molar-refractivity contribution >= 4 is 27.9 Å². The van der Waals surface area contributed by atoms with E-state index < -0.39 is 11.6 Å². The number of hydrogen-bond donors (Lipinski definition) is 1. The maximum absolute atomic E-state index is 12.9. The first-order chi connectivity index (χ1) is 12.3. The maximum Gasteiger partial charge on any atom is 0.325 e. The molecular weight excluding hydrogens is 396 g/mol. The van der Waals surface area contributed by atoms with Gasteiger partial charge < -0.3 is 10.1 Å². The zero-order chi connectivity index (χ0) is 18.9. The van der Waals surface area contributed by atoms with E-state index in [0.29, 0.717) is 0 Å². The van der Waals surface area contributed by atoms with Crippen molar-refractivity contribution in [2.45, 2.75) is 26.3 Å². The van der Waals surface area contributed by atoms with Crippen molar-refractivity contribution in [1.82, 2.24) is 10.2 Å². The largest absolute Gasteiger partial charge is 0.491 e. The molecule has 0 aromatic heterocycles. The number of para-hydroxylation sites is 1. The number of imide groups is 1. The molecule has 0 aliphatic carbocycles. The summed E-state index contributed by atoms with van der Waals surface area (Å²) in [7, 11) is 0. The molecule has 1 aliphatic heterocycles. The van der Waals surface area contributed by atoms with E-state index in [0.717, 1.165) is 26.9 Å². The lowest BCUT2D eigenvalue weighted by atomic mass is 9.92. The number of hydrogen-bond acceptors (Lipinski definition) is 3. The number of halogens is 1. The number of amides is 3. The molecule has 0 bridgehead atoms. The highest BCUT2D eigenvalue weighted by molar-refractivity contribution is 9.10. The van der Waals surface area contributed by atoms with Gasteiger partial charge in [-0.25, -0.2) is 4.79 Å². The molecule has 1 fully saturated rings. The van der Waals surface area contributed by atoms with Crippen LogP contribution in [0.25, 0.3) is 0 Å². The van der Waals surface area contributed by atoms with Crippen LogP contribution in [0.4, 0.5) is 4.79 Å². The molecule has 26 heavy (non-hydrogen) atoms. The van der Waals surface area contributed by atoms with Crippen LogP contribution in [0.2, 0.25) is 0 Å². The van der Waals surface area contributed by atoms with Crippen LogP contribution >= 0.6 is 15.9 Å². The minimum Gasteiger partial charge on any atom is -0.491 e. The molecule has 1 heterocycles. The molecule has 1 saturated heterocycles. The minimum absolute atomic E-state index is 0.193. The Hall–Kier alpha value is -2.34. The smallest absolute Gasteiger partial charge is 0.325 e. The van der Waals surface area contributed by atoms with Gasteiger partial charge in [0, 0.05) is 10.0 Å². The van der Waals surface area contributed by atoms with E-state index in [1.165, 1.54) is 4.90 Å². The van der Waals surface area contributed by atoms with Crippen molar-refractivity contribution in [3.05, 3.63) is 63.6 Å². The average Bonchev–Trinajstić information content (AvgIpc) is 2.81. The number of nitrogens with one attached hydrogen (secondary N) is 1. The number of aryl methyl sites for hydroxylation is 2. The Morgan fingerprint density at radius 2 is 1.73 bits per heavy atom. The topological polar surface area (TPSA) is 58.6 Å². The number of benzene rings is 2.